The summed E-state index contributed by atoms with van der Waals surface area (Å²) in [4.78, 5) is 30.8. The van der Waals surface area contributed by atoms with Crippen LogP contribution in [-0.2, 0) is 25.9 Å². The number of nitrogens with zero attached hydrogens (tertiary/aromatic N) is 8. The lowest BCUT2D eigenvalue weighted by Gasteiger charge is -2.31. The van der Waals surface area contributed by atoms with E-state index in [1.165, 1.54) is 49.5 Å². The maximum atomic E-state index is 5.54. The lowest BCUT2D eigenvalue weighted by Crippen LogP contribution is -2.22. The number of pyridine rings is 3. The first-order chi connectivity index (χ1) is 31.8. The predicted octanol–water partition coefficient (Wildman–Crippen LogP) is 11.8. The maximum absolute atomic E-state index is 5.54. The SMILES string of the molecule is C1=CC2c3c(nc(Cc4ccccc4)n3Cc3c4ccccc4c(Cn4c(Cc5ccccc5)nc5c6cccnc6c6ncccc6c54)c4ccccc34)-c3cccnc3C2N=C1. The Kier molecular flexibility index (Phi) is 8.44. The maximum Gasteiger partial charge on any atom is 0.114 e. The summed E-state index contributed by atoms with van der Waals surface area (Å²) < 4.78 is 4.97. The number of imidazole rings is 2. The molecule has 64 heavy (non-hydrogen) atoms. The van der Waals surface area contributed by atoms with Gasteiger partial charge in [-0.1, -0.05) is 115 Å². The normalized spacial score (nSPS) is 15.3. The Bertz CT molecular complexity index is 3640. The number of hydrogen-bond donors (Lipinski definition) is 0. The lowest BCUT2D eigenvalue weighted by atomic mass is 9.82. The van der Waals surface area contributed by atoms with Gasteiger partial charge in [-0.3, -0.25) is 19.9 Å². The number of hydrogen-bond acceptors (Lipinski definition) is 6. The molecule has 0 saturated heterocycles. The summed E-state index contributed by atoms with van der Waals surface area (Å²) in [7, 11) is 0. The van der Waals surface area contributed by atoms with Crippen LogP contribution < -0.4 is 0 Å². The van der Waals surface area contributed by atoms with Gasteiger partial charge in [-0.05, 0) is 86.3 Å². The van der Waals surface area contributed by atoms with E-state index in [0.29, 0.717) is 25.9 Å². The monoisotopic (exact) mass is 824 g/mol. The number of allylic oxidation sites excluding steroid dienone is 1. The van der Waals surface area contributed by atoms with Crippen LogP contribution in [0, 0.1) is 0 Å². The predicted molar refractivity (Wildman–Crippen MR) is 257 cm³/mol. The first-order valence-electron chi connectivity index (χ1n) is 22.0. The van der Waals surface area contributed by atoms with E-state index in [4.69, 9.17) is 29.9 Å². The van der Waals surface area contributed by atoms with Gasteiger partial charge in [-0.15, -0.1) is 0 Å². The van der Waals surface area contributed by atoms with Crippen molar-refractivity contribution in [3.63, 3.8) is 0 Å². The Morgan fingerprint density at radius 1 is 0.469 bits per heavy atom. The van der Waals surface area contributed by atoms with E-state index in [0.717, 1.165) is 61.4 Å². The van der Waals surface area contributed by atoms with Crippen molar-refractivity contribution < 1.29 is 0 Å². The van der Waals surface area contributed by atoms with Crippen molar-refractivity contribution in [2.24, 2.45) is 4.99 Å². The molecule has 11 aromatic rings. The Balaban J connectivity index is 1.04. The summed E-state index contributed by atoms with van der Waals surface area (Å²) in [5.74, 6) is 2.04. The fourth-order valence-corrected chi connectivity index (χ4v) is 10.6. The van der Waals surface area contributed by atoms with Gasteiger partial charge < -0.3 is 9.13 Å². The van der Waals surface area contributed by atoms with Gasteiger partial charge in [0.2, 0.25) is 0 Å². The number of dihydropyridines is 1. The second kappa shape index (κ2) is 14.8. The van der Waals surface area contributed by atoms with Crippen LogP contribution in [0.25, 0.3) is 65.6 Å². The van der Waals surface area contributed by atoms with Gasteiger partial charge in [0.1, 0.15) is 17.7 Å². The van der Waals surface area contributed by atoms with E-state index >= 15 is 0 Å². The Hall–Kier alpha value is -8.10. The van der Waals surface area contributed by atoms with Crippen molar-refractivity contribution in [1.82, 2.24) is 34.1 Å². The molecule has 8 heteroatoms. The first-order valence-corrected chi connectivity index (χ1v) is 22.0. The molecule has 0 amide bonds. The minimum Gasteiger partial charge on any atom is -0.326 e. The molecule has 13 rings (SSSR count). The smallest absolute Gasteiger partial charge is 0.114 e. The van der Waals surface area contributed by atoms with E-state index in [2.05, 4.69) is 149 Å². The fraction of sp³-hybridized carbons (Fsp3) is 0.107. The average Bonchev–Trinajstić information content (AvgIpc) is 3.90. The van der Waals surface area contributed by atoms with Crippen LogP contribution >= 0.6 is 0 Å². The zero-order chi connectivity index (χ0) is 42.1. The Morgan fingerprint density at radius 2 is 1.00 bits per heavy atom. The fourth-order valence-electron chi connectivity index (χ4n) is 10.6. The van der Waals surface area contributed by atoms with Gasteiger partial charge in [0.05, 0.1) is 52.2 Å². The summed E-state index contributed by atoms with van der Waals surface area (Å²) in [5.41, 5.74) is 13.0. The van der Waals surface area contributed by atoms with Crippen LogP contribution in [0.4, 0.5) is 0 Å². The van der Waals surface area contributed by atoms with E-state index < -0.39 is 0 Å². The molecule has 1 aliphatic carbocycles. The standard InChI is InChI=1S/C56H40N8/c1-3-15-35(16-4-1)31-47-61-53-41-23-11-27-57-49(41)51-43(25-13-29-59-51)55(53)63(47)33-45-37-19-7-9-21-39(37)46(40-22-10-8-20-38(40)45)34-64-48(32-36-17-5-2-6-18-36)62-54-42-24-12-28-58-50(42)52-44(56(54)64)26-14-30-60-52/h1-30,43,51H,31-34H2. The van der Waals surface area contributed by atoms with Crippen LogP contribution in [0.1, 0.15) is 57.3 Å². The van der Waals surface area contributed by atoms with E-state index in [1.54, 1.807) is 0 Å². The summed E-state index contributed by atoms with van der Waals surface area (Å²) in [6.45, 7) is 1.26. The third-order valence-electron chi connectivity index (χ3n) is 13.4. The number of benzene rings is 6. The molecule has 0 radical (unpaired) electrons. The lowest BCUT2D eigenvalue weighted by molar-refractivity contribution is 0.570. The number of fused-ring (bicyclic) bond motifs is 14. The third-order valence-corrected chi connectivity index (χ3v) is 13.4. The average molecular weight is 825 g/mol. The molecule has 0 bridgehead atoms. The second-order valence-electron chi connectivity index (χ2n) is 16.9. The molecule has 6 heterocycles. The molecule has 8 nitrogen and oxygen atoms in total. The molecule has 2 aliphatic rings. The quantitative estimate of drug-likeness (QED) is 0.112. The minimum absolute atomic E-state index is 0.00405. The van der Waals surface area contributed by atoms with Gasteiger partial charge in [0.25, 0.3) is 0 Å². The number of aromatic nitrogens is 7. The summed E-state index contributed by atoms with van der Waals surface area (Å²) in [6.07, 6.45) is 13.3. The molecule has 0 fully saturated rings. The van der Waals surface area contributed by atoms with Crippen molar-refractivity contribution >= 4 is 60.6 Å². The van der Waals surface area contributed by atoms with E-state index in [1.807, 2.05) is 43.0 Å². The van der Waals surface area contributed by atoms with Crippen LogP contribution in [0.5, 0.6) is 0 Å². The number of aliphatic imine (C=N–C) groups is 1. The third kappa shape index (κ3) is 5.75. The van der Waals surface area contributed by atoms with Crippen LogP contribution in [-0.4, -0.2) is 40.3 Å². The van der Waals surface area contributed by atoms with Gasteiger partial charge in [0.15, 0.2) is 0 Å². The highest BCUT2D eigenvalue weighted by molar-refractivity contribution is 6.21. The van der Waals surface area contributed by atoms with E-state index in [-0.39, 0.29) is 12.0 Å². The molecule has 304 valence electrons. The van der Waals surface area contributed by atoms with Gasteiger partial charge in [-0.2, -0.15) is 0 Å². The Morgan fingerprint density at radius 3 is 1.66 bits per heavy atom. The molecular formula is C56H40N8. The molecular weight excluding hydrogens is 785 g/mol. The largest absolute Gasteiger partial charge is 0.326 e. The molecule has 2 unspecified atom stereocenters. The molecule has 5 aromatic heterocycles. The molecule has 0 N–H and O–H groups in total. The summed E-state index contributed by atoms with van der Waals surface area (Å²) >= 11 is 0. The molecule has 6 aromatic carbocycles. The highest BCUT2D eigenvalue weighted by Gasteiger charge is 2.39. The van der Waals surface area contributed by atoms with Gasteiger partial charge in [-0.25, -0.2) is 9.97 Å². The molecule has 1 aliphatic heterocycles. The Labute approximate surface area is 369 Å². The van der Waals surface area contributed by atoms with Crippen molar-refractivity contribution in [2.45, 2.75) is 37.9 Å². The highest BCUT2D eigenvalue weighted by atomic mass is 15.1. The van der Waals surface area contributed by atoms with Gasteiger partial charge in [0, 0.05) is 59.9 Å². The highest BCUT2D eigenvalue weighted by Crippen LogP contribution is 2.49. The zero-order valence-corrected chi connectivity index (χ0v) is 34.9. The van der Waals surface area contributed by atoms with Crippen LogP contribution in [0.3, 0.4) is 0 Å². The van der Waals surface area contributed by atoms with Crippen molar-refractivity contribution in [1.29, 1.82) is 0 Å². The summed E-state index contributed by atoms with van der Waals surface area (Å²) in [6, 6.07) is 51.7. The van der Waals surface area contributed by atoms with Crippen LogP contribution in [0.15, 0.2) is 181 Å². The van der Waals surface area contributed by atoms with Crippen molar-refractivity contribution in [3.8, 4) is 11.3 Å². The van der Waals surface area contributed by atoms with Gasteiger partial charge >= 0.3 is 0 Å². The van der Waals surface area contributed by atoms with Crippen LogP contribution in [0.2, 0.25) is 0 Å². The molecule has 0 saturated carbocycles. The molecule has 0 spiro atoms. The topological polar surface area (TPSA) is 86.7 Å². The van der Waals surface area contributed by atoms with Crippen molar-refractivity contribution in [3.05, 3.63) is 222 Å². The molecule has 2 atom stereocenters. The van der Waals surface area contributed by atoms with Crippen molar-refractivity contribution in [2.75, 3.05) is 0 Å². The summed E-state index contributed by atoms with van der Waals surface area (Å²) in [5, 5.41) is 6.96. The first kappa shape index (κ1) is 36.5. The van der Waals surface area contributed by atoms with E-state index in [9.17, 15) is 0 Å². The minimum atomic E-state index is -0.112. The second-order valence-corrected chi connectivity index (χ2v) is 16.9. The number of rotatable bonds is 8. The zero-order valence-electron chi connectivity index (χ0n) is 34.9.